The molecule has 4 heterocycles. The van der Waals surface area contributed by atoms with Crippen molar-refractivity contribution in [3.8, 4) is 0 Å². The highest BCUT2D eigenvalue weighted by Crippen LogP contribution is 2.54. The van der Waals surface area contributed by atoms with Crippen molar-refractivity contribution in [1.29, 1.82) is 0 Å². The predicted molar refractivity (Wildman–Crippen MR) is 158 cm³/mol. The van der Waals surface area contributed by atoms with E-state index >= 15 is 0 Å². The number of pyridine rings is 1. The number of anilines is 4. The molecule has 0 unspecified atom stereocenters. The molecular weight excluding hydrogens is 546 g/mol. The molecule has 1 aliphatic carbocycles. The molecule has 2 atom stereocenters. The Bertz CT molecular complexity index is 1540. The average Bonchev–Trinajstić information content (AvgIpc) is 3.53. The lowest BCUT2D eigenvalue weighted by molar-refractivity contribution is 0.0530. The van der Waals surface area contributed by atoms with E-state index in [1.165, 1.54) is 19.8 Å². The van der Waals surface area contributed by atoms with Crippen LogP contribution in [0.1, 0.15) is 50.0 Å². The molecule has 1 aromatic carbocycles. The molecule has 2 saturated heterocycles. The molecule has 0 bridgehead atoms. The number of morpholine rings is 1. The average molecular weight is 584 g/mol. The van der Waals surface area contributed by atoms with Crippen LogP contribution in [0, 0.1) is 5.41 Å². The van der Waals surface area contributed by atoms with Crippen molar-refractivity contribution in [2.45, 2.75) is 50.9 Å². The Hall–Kier alpha value is -3.35. The number of nitrogens with one attached hydrogen (secondary N) is 2. The summed E-state index contributed by atoms with van der Waals surface area (Å²) < 4.78 is 39.3. The zero-order valence-corrected chi connectivity index (χ0v) is 24.2. The van der Waals surface area contributed by atoms with Crippen LogP contribution >= 0.6 is 0 Å². The maximum Gasteiger partial charge on any atom is 0.274 e. The van der Waals surface area contributed by atoms with E-state index in [1.54, 1.807) is 30.5 Å². The van der Waals surface area contributed by atoms with E-state index in [-0.39, 0.29) is 17.7 Å². The third-order valence-corrected chi connectivity index (χ3v) is 10.3. The number of rotatable bonds is 8. The number of amides is 1. The van der Waals surface area contributed by atoms with Crippen LogP contribution < -0.4 is 19.8 Å². The van der Waals surface area contributed by atoms with Gasteiger partial charge in [-0.1, -0.05) is 0 Å². The number of ether oxygens (including phenoxy) is 1. The molecular formula is C29H37N5O6S. The van der Waals surface area contributed by atoms with Crippen LogP contribution in [0.3, 0.4) is 0 Å². The zero-order chi connectivity index (χ0) is 28.8. The van der Waals surface area contributed by atoms with Gasteiger partial charge in [-0.15, -0.1) is 0 Å². The second-order valence-corrected chi connectivity index (χ2v) is 13.7. The Kier molecular flexibility index (Phi) is 7.33. The third kappa shape index (κ3) is 5.73. The SMILES string of the molecule is C[C@@H]1CN(c2nc(C(=O)Nc3ccc(NS(=O)(=O)[C@@H](C)CO)cc3N3CCC4(CC3)CC4)cc3ccoc23)CCO1. The minimum Gasteiger partial charge on any atom is -0.460 e. The maximum atomic E-state index is 13.7. The summed E-state index contributed by atoms with van der Waals surface area (Å²) in [5, 5.41) is 12.3. The number of hydrogen-bond donors (Lipinski definition) is 3. The van der Waals surface area contributed by atoms with Crippen molar-refractivity contribution in [3.05, 3.63) is 42.3 Å². The largest absolute Gasteiger partial charge is 0.460 e. The Balaban J connectivity index is 1.30. The Morgan fingerprint density at radius 1 is 1.15 bits per heavy atom. The third-order valence-electron chi connectivity index (χ3n) is 8.61. The molecule has 3 N–H and O–H groups in total. The molecule has 12 heteroatoms. The summed E-state index contributed by atoms with van der Waals surface area (Å²) in [4.78, 5) is 22.7. The number of aliphatic hydroxyl groups is 1. The lowest BCUT2D eigenvalue weighted by atomic mass is 9.93. The monoisotopic (exact) mass is 583 g/mol. The number of hydrogen-bond acceptors (Lipinski definition) is 9. The van der Waals surface area contributed by atoms with Gasteiger partial charge >= 0.3 is 0 Å². The number of piperidine rings is 1. The highest BCUT2D eigenvalue weighted by atomic mass is 32.2. The van der Waals surface area contributed by atoms with E-state index in [0.717, 1.165) is 37.0 Å². The van der Waals surface area contributed by atoms with Gasteiger partial charge in [-0.05, 0) is 75.3 Å². The number of aromatic nitrogens is 1. The number of carbonyl (C=O) groups excluding carboxylic acids is 1. The van der Waals surface area contributed by atoms with Crippen LogP contribution in [0.15, 0.2) is 41.0 Å². The maximum absolute atomic E-state index is 13.7. The van der Waals surface area contributed by atoms with Gasteiger partial charge in [0, 0.05) is 31.6 Å². The smallest absolute Gasteiger partial charge is 0.274 e. The fourth-order valence-electron chi connectivity index (χ4n) is 5.71. The van der Waals surface area contributed by atoms with Gasteiger partial charge in [0.1, 0.15) is 10.9 Å². The van der Waals surface area contributed by atoms with Crippen LogP contribution in [0.2, 0.25) is 0 Å². The van der Waals surface area contributed by atoms with Gasteiger partial charge in [0.05, 0.1) is 42.6 Å². The lowest BCUT2D eigenvalue weighted by Gasteiger charge is -2.35. The summed E-state index contributed by atoms with van der Waals surface area (Å²) in [5.41, 5.74) is 3.05. The molecule has 6 rings (SSSR count). The van der Waals surface area contributed by atoms with E-state index in [1.807, 2.05) is 13.0 Å². The highest BCUT2D eigenvalue weighted by Gasteiger charge is 2.44. The van der Waals surface area contributed by atoms with Gasteiger partial charge in [-0.3, -0.25) is 9.52 Å². The van der Waals surface area contributed by atoms with E-state index < -0.39 is 21.9 Å². The molecule has 3 aliphatic rings. The van der Waals surface area contributed by atoms with Gasteiger partial charge in [0.25, 0.3) is 5.91 Å². The van der Waals surface area contributed by atoms with Crippen molar-refractivity contribution in [1.82, 2.24) is 4.98 Å². The number of fused-ring (bicyclic) bond motifs is 1. The highest BCUT2D eigenvalue weighted by molar-refractivity contribution is 7.93. The summed E-state index contributed by atoms with van der Waals surface area (Å²) >= 11 is 0. The van der Waals surface area contributed by atoms with Crippen molar-refractivity contribution in [3.63, 3.8) is 0 Å². The van der Waals surface area contributed by atoms with Crippen molar-refractivity contribution >= 4 is 49.8 Å². The molecule has 3 aromatic rings. The number of carbonyl (C=O) groups is 1. The summed E-state index contributed by atoms with van der Waals surface area (Å²) in [7, 11) is -3.77. The minimum atomic E-state index is -3.77. The first-order chi connectivity index (χ1) is 19.7. The van der Waals surface area contributed by atoms with Crippen LogP contribution in [0.25, 0.3) is 11.0 Å². The zero-order valence-electron chi connectivity index (χ0n) is 23.4. The number of benzene rings is 1. The van der Waals surface area contributed by atoms with E-state index in [2.05, 4.69) is 19.8 Å². The predicted octanol–water partition coefficient (Wildman–Crippen LogP) is 3.81. The normalized spacial score (nSPS) is 21.2. The van der Waals surface area contributed by atoms with E-state index in [9.17, 15) is 18.3 Å². The fourth-order valence-corrected chi connectivity index (χ4v) is 6.56. The van der Waals surface area contributed by atoms with E-state index in [0.29, 0.717) is 47.9 Å². The molecule has 0 radical (unpaired) electrons. The summed E-state index contributed by atoms with van der Waals surface area (Å²) in [6.45, 7) is 6.47. The van der Waals surface area contributed by atoms with Crippen LogP contribution in [-0.4, -0.2) is 75.2 Å². The Morgan fingerprint density at radius 3 is 2.63 bits per heavy atom. The first-order valence-electron chi connectivity index (χ1n) is 14.2. The molecule has 2 aliphatic heterocycles. The molecule has 41 heavy (non-hydrogen) atoms. The van der Waals surface area contributed by atoms with Crippen LogP contribution in [0.5, 0.6) is 0 Å². The fraction of sp³-hybridized carbons (Fsp3) is 0.517. The Morgan fingerprint density at radius 2 is 1.93 bits per heavy atom. The molecule has 3 fully saturated rings. The van der Waals surface area contributed by atoms with Gasteiger partial charge in [0.15, 0.2) is 11.4 Å². The van der Waals surface area contributed by atoms with Gasteiger partial charge in [-0.2, -0.15) is 0 Å². The molecule has 1 saturated carbocycles. The van der Waals surface area contributed by atoms with Crippen molar-refractivity contribution in [2.75, 3.05) is 59.2 Å². The summed E-state index contributed by atoms with van der Waals surface area (Å²) in [6.07, 6.45) is 6.28. The second kappa shape index (κ2) is 10.8. The van der Waals surface area contributed by atoms with Crippen LogP contribution in [-0.2, 0) is 14.8 Å². The van der Waals surface area contributed by atoms with E-state index in [4.69, 9.17) is 14.1 Å². The number of nitrogens with zero attached hydrogens (tertiary/aromatic N) is 3. The summed E-state index contributed by atoms with van der Waals surface area (Å²) in [5.74, 6) is 0.247. The first kappa shape index (κ1) is 27.8. The topological polar surface area (TPSA) is 137 Å². The van der Waals surface area contributed by atoms with Crippen molar-refractivity contribution in [2.24, 2.45) is 5.41 Å². The Labute approximate surface area is 239 Å². The molecule has 1 amide bonds. The molecule has 2 aromatic heterocycles. The molecule has 1 spiro atoms. The molecule has 220 valence electrons. The standard InChI is InChI=1S/C29H37N5O6S/c1-19-17-34(12-14-39-19)27-26-21(5-13-40-26)15-24(30-27)28(36)31-23-4-3-22(32-41(37,38)20(2)18-35)16-25(23)33-10-8-29(6-7-29)9-11-33/h3-5,13,15-16,19-20,32,35H,6-12,14,17-18H2,1-2H3,(H,31,36)/t19-,20+/m1/s1. The quantitative estimate of drug-likeness (QED) is 0.362. The molecule has 11 nitrogen and oxygen atoms in total. The number of sulfonamides is 1. The number of aliphatic hydroxyl groups excluding tert-OH is 1. The van der Waals surface area contributed by atoms with Crippen molar-refractivity contribution < 1.29 is 27.5 Å². The summed E-state index contributed by atoms with van der Waals surface area (Å²) in [6, 6.07) is 8.65. The van der Waals surface area contributed by atoms with Gasteiger partial charge in [0.2, 0.25) is 10.0 Å². The lowest BCUT2D eigenvalue weighted by Crippen LogP contribution is -2.41. The second-order valence-electron chi connectivity index (χ2n) is 11.6. The van der Waals surface area contributed by atoms with Crippen LogP contribution in [0.4, 0.5) is 22.9 Å². The first-order valence-corrected chi connectivity index (χ1v) is 15.8. The van der Waals surface area contributed by atoms with Gasteiger partial charge in [-0.25, -0.2) is 13.4 Å². The van der Waals surface area contributed by atoms with Gasteiger partial charge < -0.3 is 29.4 Å². The minimum absolute atomic E-state index is 0.0335. The number of furan rings is 1.